The summed E-state index contributed by atoms with van der Waals surface area (Å²) in [5.41, 5.74) is 0.724. The number of thioether (sulfide) groups is 1. The van der Waals surface area contributed by atoms with Crippen molar-refractivity contribution in [1.82, 2.24) is 5.32 Å². The van der Waals surface area contributed by atoms with E-state index in [1.807, 2.05) is 11.8 Å². The number of carbonyl (C=O) groups is 2. The first-order chi connectivity index (χ1) is 12.8. The van der Waals surface area contributed by atoms with E-state index in [2.05, 4.69) is 5.32 Å². The Morgan fingerprint density at radius 1 is 1.22 bits per heavy atom. The maximum Gasteiger partial charge on any atom is 0.240 e. The molecule has 1 saturated carbocycles. The molecule has 0 heterocycles. The monoisotopic (exact) mass is 412 g/mol. The predicted octanol–water partition coefficient (Wildman–Crippen LogP) is 2.84. The minimum atomic E-state index is -3.65. The Labute approximate surface area is 166 Å². The van der Waals surface area contributed by atoms with Gasteiger partial charge >= 0.3 is 0 Å². The summed E-state index contributed by atoms with van der Waals surface area (Å²) >= 11 is 1.88. The number of amides is 1. The van der Waals surface area contributed by atoms with Crippen LogP contribution in [-0.4, -0.2) is 50.5 Å². The molecule has 1 aliphatic rings. The maximum absolute atomic E-state index is 12.2. The van der Waals surface area contributed by atoms with Gasteiger partial charge in [0.25, 0.3) is 0 Å². The first kappa shape index (κ1) is 21.8. The van der Waals surface area contributed by atoms with Crippen LogP contribution >= 0.6 is 11.8 Å². The summed E-state index contributed by atoms with van der Waals surface area (Å²) in [5, 5.41) is 3.48. The second kappa shape index (κ2) is 10.1. The Balaban J connectivity index is 1.90. The number of rotatable bonds is 9. The molecule has 0 aromatic heterocycles. The standard InChI is InChI=1S/C19H28N2O4S2/c1-15(22)16-7-6-8-17(13-16)21(27(2,24)25)14-19(23)20-11-12-26-18-9-4-3-5-10-18/h6-8,13,18H,3-5,9-12,14H2,1-2H3,(H,20,23). The predicted molar refractivity (Wildman–Crippen MR) is 111 cm³/mol. The SMILES string of the molecule is CC(=O)c1cccc(N(CC(=O)NCCSC2CCCCC2)S(C)(=O)=O)c1. The summed E-state index contributed by atoms with van der Waals surface area (Å²) in [6.07, 6.45) is 7.43. The van der Waals surface area contributed by atoms with Crippen LogP contribution < -0.4 is 9.62 Å². The smallest absolute Gasteiger partial charge is 0.240 e. The minimum Gasteiger partial charge on any atom is -0.354 e. The van der Waals surface area contributed by atoms with Gasteiger partial charge in [0.2, 0.25) is 15.9 Å². The molecular weight excluding hydrogens is 384 g/mol. The van der Waals surface area contributed by atoms with Crippen molar-refractivity contribution in [2.75, 3.05) is 29.4 Å². The lowest BCUT2D eigenvalue weighted by Gasteiger charge is -2.23. The normalized spacial score (nSPS) is 15.3. The van der Waals surface area contributed by atoms with Crippen molar-refractivity contribution in [2.24, 2.45) is 0 Å². The largest absolute Gasteiger partial charge is 0.354 e. The summed E-state index contributed by atoms with van der Waals surface area (Å²) in [6.45, 7) is 1.64. The van der Waals surface area contributed by atoms with Crippen molar-refractivity contribution in [2.45, 2.75) is 44.3 Å². The molecule has 150 valence electrons. The quantitative estimate of drug-likeness (QED) is 0.498. The zero-order chi connectivity index (χ0) is 19.9. The second-order valence-corrected chi connectivity index (χ2v) is 10.2. The van der Waals surface area contributed by atoms with Gasteiger partial charge in [-0.3, -0.25) is 13.9 Å². The molecule has 0 radical (unpaired) electrons. The lowest BCUT2D eigenvalue weighted by molar-refractivity contribution is -0.119. The Morgan fingerprint density at radius 3 is 2.56 bits per heavy atom. The topological polar surface area (TPSA) is 83.6 Å². The molecule has 2 rings (SSSR count). The van der Waals surface area contributed by atoms with Crippen LogP contribution in [0.4, 0.5) is 5.69 Å². The van der Waals surface area contributed by atoms with Crippen molar-refractivity contribution < 1.29 is 18.0 Å². The number of ketones is 1. The van der Waals surface area contributed by atoms with Gasteiger partial charge in [-0.2, -0.15) is 11.8 Å². The van der Waals surface area contributed by atoms with Crippen LogP contribution in [-0.2, 0) is 14.8 Å². The van der Waals surface area contributed by atoms with Gasteiger partial charge in [0, 0.05) is 23.1 Å². The fourth-order valence-corrected chi connectivity index (χ4v) is 5.18. The van der Waals surface area contributed by atoms with E-state index < -0.39 is 10.0 Å². The van der Waals surface area contributed by atoms with Crippen LogP contribution in [0.25, 0.3) is 0 Å². The Bertz CT molecular complexity index is 759. The first-order valence-corrected chi connectivity index (χ1v) is 12.1. The van der Waals surface area contributed by atoms with Crippen LogP contribution in [0.2, 0.25) is 0 Å². The van der Waals surface area contributed by atoms with Gasteiger partial charge in [0.1, 0.15) is 6.54 Å². The third-order valence-corrected chi connectivity index (χ3v) is 7.08. The second-order valence-electron chi connectivity index (χ2n) is 6.86. The van der Waals surface area contributed by atoms with Gasteiger partial charge in [-0.15, -0.1) is 0 Å². The van der Waals surface area contributed by atoms with Gasteiger partial charge in [0.15, 0.2) is 5.78 Å². The molecule has 0 spiro atoms. The molecule has 1 aromatic carbocycles. The van der Waals surface area contributed by atoms with Gasteiger partial charge in [-0.05, 0) is 31.9 Å². The number of Topliss-reactive ketones (excluding diaryl/α,β-unsaturated/α-hetero) is 1. The summed E-state index contributed by atoms with van der Waals surface area (Å²) in [6, 6.07) is 6.31. The van der Waals surface area contributed by atoms with E-state index in [-0.39, 0.29) is 18.2 Å². The van der Waals surface area contributed by atoms with E-state index >= 15 is 0 Å². The number of hydrogen-bond acceptors (Lipinski definition) is 5. The van der Waals surface area contributed by atoms with Crippen molar-refractivity contribution in [3.63, 3.8) is 0 Å². The fraction of sp³-hybridized carbons (Fsp3) is 0.579. The Kier molecular flexibility index (Phi) is 8.16. The summed E-state index contributed by atoms with van der Waals surface area (Å²) < 4.78 is 25.3. The van der Waals surface area contributed by atoms with E-state index in [4.69, 9.17) is 0 Å². The highest BCUT2D eigenvalue weighted by atomic mass is 32.2. The van der Waals surface area contributed by atoms with Crippen LogP contribution in [0.1, 0.15) is 49.4 Å². The molecule has 8 heteroatoms. The Morgan fingerprint density at radius 2 is 1.93 bits per heavy atom. The average molecular weight is 413 g/mol. The van der Waals surface area contributed by atoms with E-state index in [0.29, 0.717) is 23.0 Å². The fourth-order valence-electron chi connectivity index (χ4n) is 3.11. The molecule has 0 saturated heterocycles. The molecule has 0 bridgehead atoms. The van der Waals surface area contributed by atoms with E-state index in [1.165, 1.54) is 45.1 Å². The lowest BCUT2D eigenvalue weighted by atomic mass is 10.0. The van der Waals surface area contributed by atoms with Crippen molar-refractivity contribution in [3.05, 3.63) is 29.8 Å². The third kappa shape index (κ3) is 7.18. The van der Waals surface area contributed by atoms with Gasteiger partial charge in [-0.25, -0.2) is 8.42 Å². The molecule has 1 fully saturated rings. The van der Waals surface area contributed by atoms with Crippen molar-refractivity contribution >= 4 is 39.2 Å². The molecule has 0 aliphatic heterocycles. The summed E-state index contributed by atoms with van der Waals surface area (Å²) in [4.78, 5) is 23.8. The number of nitrogens with zero attached hydrogens (tertiary/aromatic N) is 1. The lowest BCUT2D eigenvalue weighted by Crippen LogP contribution is -2.41. The summed E-state index contributed by atoms with van der Waals surface area (Å²) in [5.74, 6) is 0.321. The summed E-state index contributed by atoms with van der Waals surface area (Å²) in [7, 11) is -3.65. The zero-order valence-corrected chi connectivity index (χ0v) is 17.6. The number of benzene rings is 1. The van der Waals surface area contributed by atoms with Crippen LogP contribution in [0.3, 0.4) is 0 Å². The number of anilines is 1. The molecule has 1 aliphatic carbocycles. The van der Waals surface area contributed by atoms with Gasteiger partial charge in [0.05, 0.1) is 11.9 Å². The highest BCUT2D eigenvalue weighted by molar-refractivity contribution is 7.99. The maximum atomic E-state index is 12.2. The van der Waals surface area contributed by atoms with Crippen LogP contribution in [0, 0.1) is 0 Å². The number of hydrogen-bond donors (Lipinski definition) is 1. The van der Waals surface area contributed by atoms with Crippen LogP contribution in [0.5, 0.6) is 0 Å². The molecular formula is C19H28N2O4S2. The average Bonchev–Trinajstić information content (AvgIpc) is 2.63. The molecule has 0 atom stereocenters. The molecule has 1 amide bonds. The number of sulfonamides is 1. The number of carbonyl (C=O) groups excluding carboxylic acids is 2. The molecule has 6 nitrogen and oxygen atoms in total. The molecule has 1 aromatic rings. The highest BCUT2D eigenvalue weighted by Crippen LogP contribution is 2.27. The highest BCUT2D eigenvalue weighted by Gasteiger charge is 2.21. The van der Waals surface area contributed by atoms with Gasteiger partial charge < -0.3 is 5.32 Å². The number of nitrogens with one attached hydrogen (secondary N) is 1. The molecule has 27 heavy (non-hydrogen) atoms. The molecule has 0 unspecified atom stereocenters. The Hall–Kier alpha value is -1.54. The first-order valence-electron chi connectivity index (χ1n) is 9.24. The van der Waals surface area contributed by atoms with E-state index in [9.17, 15) is 18.0 Å². The minimum absolute atomic E-state index is 0.158. The van der Waals surface area contributed by atoms with Crippen molar-refractivity contribution in [3.8, 4) is 0 Å². The zero-order valence-electron chi connectivity index (χ0n) is 15.9. The molecule has 1 N–H and O–H groups in total. The van der Waals surface area contributed by atoms with E-state index in [1.54, 1.807) is 18.2 Å². The van der Waals surface area contributed by atoms with Gasteiger partial charge in [-0.1, -0.05) is 31.4 Å². The van der Waals surface area contributed by atoms with Crippen LogP contribution in [0.15, 0.2) is 24.3 Å². The van der Waals surface area contributed by atoms with Crippen molar-refractivity contribution in [1.29, 1.82) is 0 Å². The third-order valence-electron chi connectivity index (χ3n) is 4.56. The van der Waals surface area contributed by atoms with E-state index in [0.717, 1.165) is 16.3 Å².